The molecule has 2 aromatic heterocycles. The van der Waals surface area contributed by atoms with Gasteiger partial charge in [0.25, 0.3) is 0 Å². The van der Waals surface area contributed by atoms with Crippen LogP contribution in [0.1, 0.15) is 42.9 Å². The standard InChI is InChI=1S/C29H28F3N7O2S/c1-16(2)22-10-26(37-27-14-35-29(38-28(22)27)36-21-9-20(30)12-34-13-21)18-5-6-25(24(32)8-18)39-42(40,41)15-19-4-3-17(11-33)7-23(19)31/h3-8,10,14,16,20-21,34,39H,9,12-13,15H2,1-2H3,(H,35,36,38)/t20-,21-/m0/s1. The zero-order valence-electron chi connectivity index (χ0n) is 22.8. The Kier molecular flexibility index (Phi) is 8.29. The van der Waals surface area contributed by atoms with E-state index in [4.69, 9.17) is 5.26 Å². The van der Waals surface area contributed by atoms with E-state index >= 15 is 4.39 Å². The van der Waals surface area contributed by atoms with E-state index < -0.39 is 33.6 Å². The number of nitrogens with one attached hydrogen (secondary N) is 3. The highest BCUT2D eigenvalue weighted by molar-refractivity contribution is 7.91. The predicted octanol–water partition coefficient (Wildman–Crippen LogP) is 5.02. The Hall–Kier alpha value is -4.28. The number of anilines is 2. The van der Waals surface area contributed by atoms with Crippen LogP contribution in [-0.4, -0.2) is 48.7 Å². The van der Waals surface area contributed by atoms with Crippen molar-refractivity contribution in [1.82, 2.24) is 20.3 Å². The molecule has 0 amide bonds. The van der Waals surface area contributed by atoms with Crippen LogP contribution in [0.3, 0.4) is 0 Å². The number of hydrogen-bond acceptors (Lipinski definition) is 8. The van der Waals surface area contributed by atoms with Crippen molar-refractivity contribution in [2.24, 2.45) is 0 Å². The van der Waals surface area contributed by atoms with E-state index in [2.05, 4.69) is 30.3 Å². The lowest BCUT2D eigenvalue weighted by Crippen LogP contribution is -2.44. The van der Waals surface area contributed by atoms with Gasteiger partial charge in [0.15, 0.2) is 0 Å². The van der Waals surface area contributed by atoms with Crippen LogP contribution in [0.15, 0.2) is 48.7 Å². The highest BCUT2D eigenvalue weighted by atomic mass is 32.2. The van der Waals surface area contributed by atoms with Gasteiger partial charge in [0.05, 0.1) is 40.5 Å². The molecule has 0 saturated carbocycles. The normalized spacial score (nSPS) is 17.3. The first-order chi connectivity index (χ1) is 20.0. The lowest BCUT2D eigenvalue weighted by atomic mass is 9.99. The van der Waals surface area contributed by atoms with Crippen LogP contribution in [0.2, 0.25) is 0 Å². The molecule has 0 spiro atoms. The Balaban J connectivity index is 1.39. The van der Waals surface area contributed by atoms with Crippen LogP contribution in [-0.2, 0) is 15.8 Å². The van der Waals surface area contributed by atoms with Gasteiger partial charge < -0.3 is 10.6 Å². The SMILES string of the molecule is CC(C)c1cc(-c2ccc(NS(=O)(=O)Cc3ccc(C#N)cc3F)c(F)c2)nc2cnc(N[C@@H]3CNC[C@@H](F)C3)nc12. The molecule has 2 atom stereocenters. The van der Waals surface area contributed by atoms with Gasteiger partial charge in [-0.1, -0.05) is 26.0 Å². The third-order valence-corrected chi connectivity index (χ3v) is 8.11. The van der Waals surface area contributed by atoms with E-state index in [-0.39, 0.29) is 28.8 Å². The first-order valence-corrected chi connectivity index (χ1v) is 14.9. The second kappa shape index (κ2) is 11.9. The van der Waals surface area contributed by atoms with Crippen molar-refractivity contribution in [1.29, 1.82) is 5.26 Å². The molecule has 0 bridgehead atoms. The number of benzene rings is 2. The van der Waals surface area contributed by atoms with Gasteiger partial charge >= 0.3 is 0 Å². The minimum atomic E-state index is -4.17. The quantitative estimate of drug-likeness (QED) is 0.259. The molecule has 1 fully saturated rings. The molecular weight excluding hydrogens is 567 g/mol. The summed E-state index contributed by atoms with van der Waals surface area (Å²) >= 11 is 0. The number of piperidine rings is 1. The molecule has 3 heterocycles. The second-order valence-electron chi connectivity index (χ2n) is 10.5. The largest absolute Gasteiger partial charge is 0.350 e. The van der Waals surface area contributed by atoms with Crippen molar-refractivity contribution in [2.75, 3.05) is 23.1 Å². The number of fused-ring (bicyclic) bond motifs is 1. The highest BCUT2D eigenvalue weighted by Crippen LogP contribution is 2.31. The van der Waals surface area contributed by atoms with Crippen LogP contribution in [0.5, 0.6) is 0 Å². The average molecular weight is 596 g/mol. The molecule has 5 rings (SSSR count). The number of halogens is 3. The fourth-order valence-electron chi connectivity index (χ4n) is 4.79. The summed E-state index contributed by atoms with van der Waals surface area (Å²) < 4.78 is 70.6. The number of pyridine rings is 1. The van der Waals surface area contributed by atoms with E-state index in [9.17, 15) is 17.2 Å². The maximum atomic E-state index is 15.1. The van der Waals surface area contributed by atoms with Gasteiger partial charge in [-0.25, -0.2) is 36.5 Å². The molecule has 3 N–H and O–H groups in total. The highest BCUT2D eigenvalue weighted by Gasteiger charge is 2.23. The fraction of sp³-hybridized carbons (Fsp3) is 0.310. The Labute approximate surface area is 241 Å². The van der Waals surface area contributed by atoms with E-state index in [0.29, 0.717) is 47.7 Å². The van der Waals surface area contributed by atoms with E-state index in [1.165, 1.54) is 30.3 Å². The summed E-state index contributed by atoms with van der Waals surface area (Å²) in [4.78, 5) is 13.6. The number of alkyl halides is 1. The molecule has 218 valence electrons. The summed E-state index contributed by atoms with van der Waals surface area (Å²) in [5, 5.41) is 15.1. The average Bonchev–Trinajstić information content (AvgIpc) is 2.94. The van der Waals surface area contributed by atoms with Crippen molar-refractivity contribution >= 4 is 32.7 Å². The summed E-state index contributed by atoms with van der Waals surface area (Å²) in [7, 11) is -4.17. The van der Waals surface area contributed by atoms with Crippen molar-refractivity contribution in [3.63, 3.8) is 0 Å². The molecule has 0 unspecified atom stereocenters. The first-order valence-electron chi connectivity index (χ1n) is 13.3. The van der Waals surface area contributed by atoms with Crippen molar-refractivity contribution in [3.05, 3.63) is 77.0 Å². The van der Waals surface area contributed by atoms with Gasteiger partial charge in [0, 0.05) is 36.7 Å². The minimum absolute atomic E-state index is 0.0297. The number of rotatable bonds is 8. The molecule has 9 nitrogen and oxygen atoms in total. The van der Waals surface area contributed by atoms with Crippen LogP contribution < -0.4 is 15.4 Å². The Bertz CT molecular complexity index is 1790. The molecule has 1 saturated heterocycles. The molecule has 1 aliphatic rings. The lowest BCUT2D eigenvalue weighted by molar-refractivity contribution is 0.254. The van der Waals surface area contributed by atoms with Crippen molar-refractivity contribution in [3.8, 4) is 17.3 Å². The summed E-state index contributed by atoms with van der Waals surface area (Å²) in [5.41, 5.74) is 2.41. The second-order valence-corrected chi connectivity index (χ2v) is 12.2. The molecule has 42 heavy (non-hydrogen) atoms. The zero-order valence-corrected chi connectivity index (χ0v) is 23.6. The number of nitrogens with zero attached hydrogens (tertiary/aromatic N) is 4. The van der Waals surface area contributed by atoms with Gasteiger partial charge in [-0.3, -0.25) is 4.72 Å². The van der Waals surface area contributed by atoms with Crippen molar-refractivity contribution < 1.29 is 21.6 Å². The Morgan fingerprint density at radius 3 is 2.60 bits per heavy atom. The summed E-state index contributed by atoms with van der Waals surface area (Å²) in [6, 6.07) is 10.9. The maximum absolute atomic E-state index is 15.1. The topological polar surface area (TPSA) is 133 Å². The Morgan fingerprint density at radius 2 is 1.90 bits per heavy atom. The summed E-state index contributed by atoms with van der Waals surface area (Å²) in [6.45, 7) is 4.90. The van der Waals surface area contributed by atoms with E-state index in [0.717, 1.165) is 11.6 Å². The van der Waals surface area contributed by atoms with Crippen LogP contribution >= 0.6 is 0 Å². The van der Waals surface area contributed by atoms with E-state index in [1.807, 2.05) is 13.8 Å². The number of aromatic nitrogens is 3. The third-order valence-electron chi connectivity index (χ3n) is 6.89. The van der Waals surface area contributed by atoms with Gasteiger partial charge in [-0.2, -0.15) is 5.26 Å². The van der Waals surface area contributed by atoms with Gasteiger partial charge in [0.2, 0.25) is 16.0 Å². The van der Waals surface area contributed by atoms with Crippen LogP contribution in [0.25, 0.3) is 22.3 Å². The lowest BCUT2D eigenvalue weighted by Gasteiger charge is -2.26. The molecule has 2 aromatic carbocycles. The first kappa shape index (κ1) is 29.2. The third kappa shape index (κ3) is 6.61. The monoisotopic (exact) mass is 595 g/mol. The van der Waals surface area contributed by atoms with Gasteiger partial charge in [-0.15, -0.1) is 0 Å². The molecule has 0 aliphatic carbocycles. The number of hydrogen-bond donors (Lipinski definition) is 3. The molecule has 1 aliphatic heterocycles. The number of sulfonamides is 1. The Morgan fingerprint density at radius 1 is 1.10 bits per heavy atom. The zero-order chi connectivity index (χ0) is 30.0. The maximum Gasteiger partial charge on any atom is 0.237 e. The smallest absolute Gasteiger partial charge is 0.237 e. The van der Waals surface area contributed by atoms with Gasteiger partial charge in [0.1, 0.15) is 23.3 Å². The molecule has 4 aromatic rings. The van der Waals surface area contributed by atoms with Crippen molar-refractivity contribution in [2.45, 2.75) is 44.2 Å². The molecule has 0 radical (unpaired) electrons. The van der Waals surface area contributed by atoms with Crippen LogP contribution in [0.4, 0.5) is 24.8 Å². The minimum Gasteiger partial charge on any atom is -0.350 e. The fourth-order valence-corrected chi connectivity index (χ4v) is 6.00. The number of nitriles is 1. The van der Waals surface area contributed by atoms with Crippen LogP contribution in [0, 0.1) is 23.0 Å². The predicted molar refractivity (Wildman–Crippen MR) is 154 cm³/mol. The summed E-state index contributed by atoms with van der Waals surface area (Å²) in [6.07, 6.45) is 0.969. The van der Waals surface area contributed by atoms with Gasteiger partial charge in [-0.05, 0) is 41.8 Å². The van der Waals surface area contributed by atoms with E-state index in [1.54, 1.807) is 18.3 Å². The molecule has 13 heteroatoms. The molecular formula is C29H28F3N7O2S. The summed E-state index contributed by atoms with van der Waals surface area (Å²) in [5.74, 6) is -2.03.